The predicted octanol–water partition coefficient (Wildman–Crippen LogP) is 34.9. The Hall–Kier alpha value is -10.9. The van der Waals surface area contributed by atoms with Crippen molar-refractivity contribution >= 4 is 101 Å². The van der Waals surface area contributed by atoms with Crippen LogP contribution in [0, 0.1) is 37.9 Å². The molecule has 0 aliphatic carbocycles. The van der Waals surface area contributed by atoms with E-state index in [2.05, 4.69) is 490 Å². The molecule has 4 heterocycles. The lowest BCUT2D eigenvalue weighted by Crippen LogP contribution is -2.61. The molecule has 2 aliphatic rings. The van der Waals surface area contributed by atoms with Crippen LogP contribution in [0.4, 0.5) is 34.1 Å². The van der Waals surface area contributed by atoms with Crippen molar-refractivity contribution in [1.82, 2.24) is 9.13 Å². The van der Waals surface area contributed by atoms with Crippen LogP contribution in [0.25, 0.3) is 99.5 Å². The molecule has 15 aromatic rings. The smallest absolute Gasteiger partial charge is 0.252 e. The minimum absolute atomic E-state index is 0.0499. The Balaban J connectivity index is 1.10. The Morgan fingerprint density at radius 2 is 0.500 bits per heavy atom. The monoisotopic (exact) mass is 1770 g/mol. The molecule has 0 bridgehead atoms. The van der Waals surface area contributed by atoms with Crippen LogP contribution in [0.3, 0.4) is 0 Å². The Morgan fingerprint density at radius 1 is 0.231 bits per heavy atom. The Kier molecular flexibility index (Phi) is 22.4. The second-order valence-electron chi connectivity index (χ2n) is 52.3. The zero-order valence-electron chi connectivity index (χ0n) is 91.5. The lowest BCUT2D eigenvalue weighted by Gasteiger charge is -2.46. The van der Waals surface area contributed by atoms with Gasteiger partial charge in [0.25, 0.3) is 6.71 Å². The van der Waals surface area contributed by atoms with Gasteiger partial charge in [0.15, 0.2) is 0 Å². The summed E-state index contributed by atoms with van der Waals surface area (Å²) >= 11 is 0. The molecule has 0 fully saturated rings. The zero-order valence-corrected chi connectivity index (χ0v) is 87.5. The van der Waals surface area contributed by atoms with Crippen LogP contribution in [0.15, 0.2) is 243 Å². The van der Waals surface area contributed by atoms with Crippen molar-refractivity contribution in [3.8, 4) is 55.9 Å². The summed E-state index contributed by atoms with van der Waals surface area (Å²) in [4.78, 5) is 5.33. The summed E-state index contributed by atoms with van der Waals surface area (Å²) in [5, 5.41) is 4.94. The first kappa shape index (κ1) is 89.6. The predicted molar refractivity (Wildman–Crippen MR) is 588 cm³/mol. The summed E-state index contributed by atoms with van der Waals surface area (Å²) in [7, 11) is 0. The molecular weight excluding hydrogens is 1620 g/mol. The number of hydrogen-bond donors (Lipinski definition) is 0. The molecule has 0 unspecified atom stereocenters. The number of nitrogens with zero attached hydrogens (tertiary/aromatic N) is 4. The molecule has 2 aliphatic heterocycles. The van der Waals surface area contributed by atoms with Crippen LogP contribution in [0.2, 0.25) is 0 Å². The Morgan fingerprint density at radius 3 is 0.761 bits per heavy atom. The van der Waals surface area contributed by atoms with Crippen LogP contribution >= 0.6 is 0 Å². The molecule has 0 saturated carbocycles. The van der Waals surface area contributed by atoms with E-state index in [0.29, 0.717) is 17.5 Å². The maximum Gasteiger partial charge on any atom is 0.252 e. The van der Waals surface area contributed by atoms with E-state index >= 15 is 0 Å². The van der Waals surface area contributed by atoms with Gasteiger partial charge in [0, 0.05) is 72.3 Å². The quantitative estimate of drug-likeness (QED) is 0.0951. The van der Waals surface area contributed by atoms with Crippen molar-refractivity contribution in [2.24, 2.45) is 37.9 Å². The normalized spacial score (nSPS) is 14.5. The first-order valence-corrected chi connectivity index (χ1v) is 49.8. The maximum absolute atomic E-state index is 10.9. The number of rotatable bonds is 15. The van der Waals surface area contributed by atoms with Crippen LogP contribution in [0.5, 0.6) is 0 Å². The number of aromatic nitrogens is 2. The maximum atomic E-state index is 10.9. The highest BCUT2D eigenvalue weighted by Gasteiger charge is 2.46. The van der Waals surface area contributed by atoms with Gasteiger partial charge in [-0.25, -0.2) is 0 Å². The van der Waals surface area contributed by atoms with Gasteiger partial charge in [-0.3, -0.25) is 0 Å². The average Bonchev–Trinajstić information content (AvgIpc) is 0.755. The molecule has 692 valence electrons. The van der Waals surface area contributed by atoms with E-state index in [1.165, 1.54) is 66.1 Å². The third-order valence-electron chi connectivity index (χ3n) is 27.0. The van der Waals surface area contributed by atoms with Crippen LogP contribution in [-0.2, 0) is 66.5 Å². The number of benzene rings is 13. The second-order valence-corrected chi connectivity index (χ2v) is 52.3. The summed E-state index contributed by atoms with van der Waals surface area (Å²) < 4.78 is 48.7. The van der Waals surface area contributed by atoms with Gasteiger partial charge in [0.05, 0.1) is 33.4 Å². The molecular formula is C129H153BN4. The summed E-state index contributed by atoms with van der Waals surface area (Å²) in [6.07, 6.45) is 0.673. The molecule has 0 atom stereocenters. The van der Waals surface area contributed by atoms with Gasteiger partial charge >= 0.3 is 0 Å². The fraction of sp³-hybridized carbons (Fsp3) is 0.395. The minimum atomic E-state index is -1.87. The lowest BCUT2D eigenvalue weighted by molar-refractivity contribution is 0.411. The molecule has 13 aromatic carbocycles. The van der Waals surface area contributed by atoms with Gasteiger partial charge in [0.1, 0.15) is 0 Å². The molecule has 0 N–H and O–H groups in total. The fourth-order valence-electron chi connectivity index (χ4n) is 21.3. The van der Waals surface area contributed by atoms with E-state index in [1.54, 1.807) is 0 Å². The highest BCUT2D eigenvalue weighted by atomic mass is 15.2. The molecule has 0 saturated heterocycles. The van der Waals surface area contributed by atoms with Gasteiger partial charge in [-0.05, 0) is 325 Å². The van der Waals surface area contributed by atoms with E-state index < -0.39 is 30.3 Å². The lowest BCUT2D eigenvalue weighted by atomic mass is 9.33. The zero-order chi connectivity index (χ0) is 100. The van der Waals surface area contributed by atoms with Crippen LogP contribution in [-0.4, -0.2) is 15.8 Å². The molecule has 134 heavy (non-hydrogen) atoms. The number of hydrogen-bond acceptors (Lipinski definition) is 2. The van der Waals surface area contributed by atoms with Gasteiger partial charge in [0.2, 0.25) is 0 Å². The third kappa shape index (κ3) is 19.7. The van der Waals surface area contributed by atoms with E-state index in [0.717, 1.165) is 160 Å². The summed E-state index contributed by atoms with van der Waals surface area (Å²) in [5.74, 6) is 0. The average molecular weight is 1770 g/mol. The van der Waals surface area contributed by atoms with Gasteiger partial charge in [-0.2, -0.15) is 0 Å². The largest absolute Gasteiger partial charge is 0.311 e. The minimum Gasteiger partial charge on any atom is -0.311 e. The first-order chi connectivity index (χ1) is 63.8. The Labute approximate surface area is 812 Å². The van der Waals surface area contributed by atoms with Gasteiger partial charge in [-0.1, -0.05) is 362 Å². The highest BCUT2D eigenvalue weighted by molar-refractivity contribution is 7.00. The fourth-order valence-corrected chi connectivity index (χ4v) is 21.3. The van der Waals surface area contributed by atoms with Crippen molar-refractivity contribution < 1.29 is 5.48 Å². The standard InChI is InChI=1S/C129H153BN4/c1-119(2,3)74-81-46-54-108-102(58-81)103-59-82(75-120(4,5)6)47-55-109(103)131(108)96-50-52-106-114(70-96)133(112-72-98(86-38-34-42-92(64-86)126(22,23)24)90(79-124(16,17)18)68-100(112)88-40-36-44-94(66-88)128(28,29)30)116-62-85(78-123(13,14)15)63-117-118(116)130(106)107-53-51-97(132-110-56-48-83(76-121(7,8)9)60-104(110)105-61-84(49-57-111(105)132)77-122(10,11)12)71-115(107)134(117)113-73-99(87-39-35-43-93(65-87)127(25,26)27)91(80-125(19,20)21)69-101(113)89-41-37-45-95(67-89)129(31,32)33/h34-73H,74-80H2,1-33H3/i79D2,80D2. The van der Waals surface area contributed by atoms with Crippen molar-refractivity contribution in [1.29, 1.82) is 0 Å². The van der Waals surface area contributed by atoms with Crippen molar-refractivity contribution in [2.45, 2.75) is 295 Å². The van der Waals surface area contributed by atoms with E-state index in [4.69, 9.17) is 0 Å². The molecule has 17 rings (SSSR count). The second kappa shape index (κ2) is 33.5. The highest BCUT2D eigenvalue weighted by Crippen LogP contribution is 2.55. The first-order valence-electron chi connectivity index (χ1n) is 51.8. The summed E-state index contributed by atoms with van der Waals surface area (Å²) in [6, 6.07) is 94.8. The van der Waals surface area contributed by atoms with E-state index in [9.17, 15) is 5.48 Å². The summed E-state index contributed by atoms with van der Waals surface area (Å²) in [6.45, 7) is 74.8. The molecule has 0 spiro atoms. The number of anilines is 6. The topological polar surface area (TPSA) is 16.3 Å². The Bertz CT molecular complexity index is 6750. The molecule has 2 aromatic heterocycles. The van der Waals surface area contributed by atoms with E-state index in [1.807, 2.05) is 0 Å². The van der Waals surface area contributed by atoms with Crippen molar-refractivity contribution in [3.05, 3.63) is 304 Å². The van der Waals surface area contributed by atoms with Gasteiger partial charge in [-0.15, -0.1) is 0 Å². The number of fused-ring (bicyclic) bond motifs is 10. The summed E-state index contributed by atoms with van der Waals surface area (Å²) in [5.41, 5.74) is 33.1. The molecule has 5 heteroatoms. The van der Waals surface area contributed by atoms with Crippen molar-refractivity contribution in [3.63, 3.8) is 0 Å². The third-order valence-corrected chi connectivity index (χ3v) is 27.0. The van der Waals surface area contributed by atoms with Gasteiger partial charge < -0.3 is 18.9 Å². The molecule has 4 nitrogen and oxygen atoms in total. The van der Waals surface area contributed by atoms with E-state index in [-0.39, 0.29) is 48.7 Å². The van der Waals surface area contributed by atoms with Crippen LogP contribution < -0.4 is 26.2 Å². The molecule has 0 amide bonds. The van der Waals surface area contributed by atoms with Crippen LogP contribution in [0.1, 0.15) is 295 Å². The van der Waals surface area contributed by atoms with Crippen molar-refractivity contribution in [2.75, 3.05) is 9.80 Å². The SMILES string of the molecule is [2H]C([2H])(c1cc(-c2cccc(C(C)(C)C)c2)c(N2c3cc(-n4c5ccc(CC(C)(C)C)cc5c5cc(CC(C)(C)C)ccc54)ccc3B3c4ccc(-n5c6ccc(CC(C)(C)C)cc6c6cc(CC(C)(C)C)ccc65)cc4N(c4cc(-c5cccc(C(C)(C)C)c5)c(C([2H])([2H])C(C)(C)C)cc4-c4cccc(C(C)(C)C)c4)c4cc(CC(C)(C)C)cc2c43)cc1-c1cccc(C(C)(C)C)c1)C(C)(C)C. The molecule has 0 radical (unpaired) electrons.